The number of para-hydroxylation sites is 1. The highest BCUT2D eigenvalue weighted by Crippen LogP contribution is 2.34. The number of amides is 3. The van der Waals surface area contributed by atoms with Crippen molar-refractivity contribution in [1.29, 1.82) is 0 Å². The Balaban J connectivity index is 1.75. The molecule has 8 nitrogen and oxygen atoms in total. The van der Waals surface area contributed by atoms with Crippen LogP contribution in [0.15, 0.2) is 51.8 Å². The van der Waals surface area contributed by atoms with Crippen LogP contribution in [0.5, 0.6) is 11.5 Å². The van der Waals surface area contributed by atoms with Gasteiger partial charge in [-0.15, -0.1) is 0 Å². The first kappa shape index (κ1) is 23.6. The normalized spacial score (nSPS) is 14.6. The molecule has 32 heavy (non-hydrogen) atoms. The molecule has 1 N–H and O–H groups in total. The summed E-state index contributed by atoms with van der Waals surface area (Å²) in [5.41, 5.74) is 1.11. The van der Waals surface area contributed by atoms with Gasteiger partial charge in [-0.3, -0.25) is 24.1 Å². The molecule has 1 fully saturated rings. The molecule has 0 unspecified atom stereocenters. The second-order valence-corrected chi connectivity index (χ2v) is 8.38. The highest BCUT2D eigenvalue weighted by molar-refractivity contribution is 9.10. The van der Waals surface area contributed by atoms with Crippen molar-refractivity contribution in [2.75, 3.05) is 18.5 Å². The van der Waals surface area contributed by atoms with E-state index in [1.165, 1.54) is 13.0 Å². The van der Waals surface area contributed by atoms with Gasteiger partial charge in [-0.25, -0.2) is 0 Å². The summed E-state index contributed by atoms with van der Waals surface area (Å²) in [6, 6.07) is 11.8. The number of nitrogens with zero attached hydrogens (tertiary/aromatic N) is 1. The second kappa shape index (κ2) is 10.5. The van der Waals surface area contributed by atoms with Crippen molar-refractivity contribution in [1.82, 2.24) is 4.90 Å². The molecular weight excluding hydrogens is 500 g/mol. The molecule has 1 saturated heterocycles. The zero-order chi connectivity index (χ0) is 23.3. The Morgan fingerprint density at radius 1 is 1.16 bits per heavy atom. The van der Waals surface area contributed by atoms with Crippen molar-refractivity contribution in [3.63, 3.8) is 0 Å². The highest BCUT2D eigenvalue weighted by Gasteiger charge is 2.36. The van der Waals surface area contributed by atoms with Crippen LogP contribution < -0.4 is 14.8 Å². The Labute approximate surface area is 197 Å². The lowest BCUT2D eigenvalue weighted by Crippen LogP contribution is -2.36. The maximum absolute atomic E-state index is 12.7. The summed E-state index contributed by atoms with van der Waals surface area (Å²) in [5.74, 6) is -0.952. The van der Waals surface area contributed by atoms with Crippen molar-refractivity contribution in [3.05, 3.63) is 57.4 Å². The number of hydrogen-bond acceptors (Lipinski definition) is 7. The highest BCUT2D eigenvalue weighted by atomic mass is 79.9. The molecule has 0 atom stereocenters. The number of carbonyl (C=O) groups excluding carboxylic acids is 4. The summed E-state index contributed by atoms with van der Waals surface area (Å²) >= 11 is 4.07. The smallest absolute Gasteiger partial charge is 0.308 e. The third kappa shape index (κ3) is 5.77. The van der Waals surface area contributed by atoms with Crippen molar-refractivity contribution >= 4 is 62.5 Å². The van der Waals surface area contributed by atoms with Gasteiger partial charge in [0.25, 0.3) is 11.1 Å². The first-order valence-corrected chi connectivity index (χ1v) is 11.1. The number of nitrogens with one attached hydrogen (secondary N) is 1. The second-order valence-electron chi connectivity index (χ2n) is 6.53. The number of hydrogen-bond donors (Lipinski definition) is 1. The predicted octanol–water partition coefficient (Wildman–Crippen LogP) is 4.45. The van der Waals surface area contributed by atoms with E-state index in [0.29, 0.717) is 28.1 Å². The summed E-state index contributed by atoms with van der Waals surface area (Å²) in [4.78, 5) is 49.7. The van der Waals surface area contributed by atoms with E-state index in [2.05, 4.69) is 21.2 Å². The Bertz CT molecular complexity index is 1120. The molecule has 0 spiro atoms. The fraction of sp³-hybridized carbons (Fsp3) is 0.182. The molecule has 2 aromatic carbocycles. The minimum absolute atomic E-state index is 0.173. The van der Waals surface area contributed by atoms with Gasteiger partial charge in [0, 0.05) is 11.4 Å². The van der Waals surface area contributed by atoms with Crippen LogP contribution in [-0.2, 0) is 14.4 Å². The van der Waals surface area contributed by atoms with Gasteiger partial charge in [-0.2, -0.15) is 0 Å². The first-order valence-electron chi connectivity index (χ1n) is 9.53. The van der Waals surface area contributed by atoms with Crippen LogP contribution in [0.2, 0.25) is 0 Å². The Hall–Kier alpha value is -3.11. The molecular formula is C22H19BrN2O6S. The Kier molecular flexibility index (Phi) is 7.70. The van der Waals surface area contributed by atoms with Gasteiger partial charge in [0.1, 0.15) is 6.54 Å². The number of imide groups is 1. The molecule has 0 aromatic heterocycles. The van der Waals surface area contributed by atoms with Gasteiger partial charge in [0.05, 0.1) is 17.2 Å². The van der Waals surface area contributed by atoms with Crippen molar-refractivity contribution in [2.24, 2.45) is 0 Å². The molecule has 0 saturated carbocycles. The van der Waals surface area contributed by atoms with Gasteiger partial charge in [-0.05, 0) is 70.5 Å². The van der Waals surface area contributed by atoms with Crippen LogP contribution in [0.25, 0.3) is 6.08 Å². The Morgan fingerprint density at radius 2 is 1.91 bits per heavy atom. The van der Waals surface area contributed by atoms with E-state index in [1.807, 2.05) is 0 Å². The number of ether oxygens (including phenoxy) is 2. The zero-order valence-corrected chi connectivity index (χ0v) is 19.6. The summed E-state index contributed by atoms with van der Waals surface area (Å²) in [7, 11) is 0. The standard InChI is InChI=1S/C22H19BrN2O6S/c1-3-30-18-10-14(8-9-17(18)31-13(2)26)11-19-21(28)25(22(29)32-19)12-20(27)24-16-7-5-4-6-15(16)23/h4-11H,3,12H2,1-2H3,(H,24,27)/b19-11+. The maximum Gasteiger partial charge on any atom is 0.308 e. The summed E-state index contributed by atoms with van der Waals surface area (Å²) in [5, 5.41) is 2.13. The number of thioether (sulfide) groups is 1. The largest absolute Gasteiger partial charge is 0.490 e. The monoisotopic (exact) mass is 518 g/mol. The molecule has 0 aliphatic carbocycles. The van der Waals surface area contributed by atoms with E-state index < -0.39 is 29.6 Å². The van der Waals surface area contributed by atoms with Crippen LogP contribution in [0, 0.1) is 0 Å². The van der Waals surface area contributed by atoms with E-state index in [0.717, 1.165) is 16.7 Å². The van der Waals surface area contributed by atoms with Crippen LogP contribution in [0.3, 0.4) is 0 Å². The molecule has 1 aliphatic heterocycles. The van der Waals surface area contributed by atoms with Gasteiger partial charge < -0.3 is 14.8 Å². The first-order chi connectivity index (χ1) is 15.3. The van der Waals surface area contributed by atoms with Crippen molar-refractivity contribution in [2.45, 2.75) is 13.8 Å². The SMILES string of the molecule is CCOc1cc(/C=C2/SC(=O)N(CC(=O)Nc3ccccc3Br)C2=O)ccc1OC(C)=O. The Morgan fingerprint density at radius 3 is 2.59 bits per heavy atom. The molecule has 10 heteroatoms. The predicted molar refractivity (Wildman–Crippen MR) is 124 cm³/mol. The van der Waals surface area contributed by atoms with Gasteiger partial charge in [0.2, 0.25) is 5.91 Å². The number of anilines is 1. The van der Waals surface area contributed by atoms with Crippen LogP contribution >= 0.6 is 27.7 Å². The quantitative estimate of drug-likeness (QED) is 0.328. The van der Waals surface area contributed by atoms with E-state index in [-0.39, 0.29) is 10.7 Å². The topological polar surface area (TPSA) is 102 Å². The molecule has 3 rings (SSSR count). The molecule has 0 bridgehead atoms. The van der Waals surface area contributed by atoms with Crippen LogP contribution in [0.4, 0.5) is 10.5 Å². The lowest BCUT2D eigenvalue weighted by Gasteiger charge is -2.13. The molecule has 2 aromatic rings. The van der Waals surface area contributed by atoms with E-state index in [1.54, 1.807) is 49.4 Å². The third-order valence-electron chi connectivity index (χ3n) is 4.14. The lowest BCUT2D eigenvalue weighted by molar-refractivity contribution is -0.132. The number of benzene rings is 2. The zero-order valence-electron chi connectivity index (χ0n) is 17.2. The van der Waals surface area contributed by atoms with Gasteiger partial charge in [0.15, 0.2) is 11.5 Å². The molecule has 1 heterocycles. The molecule has 0 radical (unpaired) electrons. The number of carbonyl (C=O) groups is 4. The lowest BCUT2D eigenvalue weighted by atomic mass is 10.2. The maximum atomic E-state index is 12.7. The molecule has 3 amide bonds. The van der Waals surface area contributed by atoms with Crippen LogP contribution in [-0.4, -0.2) is 41.1 Å². The number of esters is 1. The van der Waals surface area contributed by atoms with Crippen molar-refractivity contribution in [3.8, 4) is 11.5 Å². The van der Waals surface area contributed by atoms with Crippen molar-refractivity contribution < 1.29 is 28.7 Å². The molecule has 1 aliphatic rings. The van der Waals surface area contributed by atoms with E-state index in [4.69, 9.17) is 9.47 Å². The minimum Gasteiger partial charge on any atom is -0.490 e. The summed E-state index contributed by atoms with van der Waals surface area (Å²) in [6.45, 7) is 3.01. The van der Waals surface area contributed by atoms with Gasteiger partial charge >= 0.3 is 5.97 Å². The average molecular weight is 519 g/mol. The average Bonchev–Trinajstić information content (AvgIpc) is 2.99. The summed E-state index contributed by atoms with van der Waals surface area (Å²) < 4.78 is 11.3. The summed E-state index contributed by atoms with van der Waals surface area (Å²) in [6.07, 6.45) is 1.52. The van der Waals surface area contributed by atoms with E-state index in [9.17, 15) is 19.2 Å². The third-order valence-corrected chi connectivity index (χ3v) is 5.74. The van der Waals surface area contributed by atoms with Gasteiger partial charge in [-0.1, -0.05) is 18.2 Å². The van der Waals surface area contributed by atoms with E-state index >= 15 is 0 Å². The number of halogens is 1. The fourth-order valence-corrected chi connectivity index (χ4v) is 4.03. The minimum atomic E-state index is -0.565. The number of rotatable bonds is 7. The van der Waals surface area contributed by atoms with Crippen LogP contribution in [0.1, 0.15) is 19.4 Å². The molecule has 166 valence electrons. The fourth-order valence-electron chi connectivity index (χ4n) is 2.81.